The smallest absolute Gasteiger partial charge is 0.138 e. The van der Waals surface area contributed by atoms with Crippen molar-refractivity contribution in [3.05, 3.63) is 70.9 Å². The molecule has 3 nitrogen and oxygen atoms in total. The van der Waals surface area contributed by atoms with E-state index in [-0.39, 0.29) is 0 Å². The van der Waals surface area contributed by atoms with Crippen molar-refractivity contribution in [2.45, 2.75) is 13.5 Å². The van der Waals surface area contributed by atoms with Gasteiger partial charge in [-0.2, -0.15) is 0 Å². The second-order valence-corrected chi connectivity index (χ2v) is 7.19. The first-order valence-electron chi connectivity index (χ1n) is 8.89. The zero-order valence-corrected chi connectivity index (χ0v) is 15.3. The third kappa shape index (κ3) is 3.48. The quantitative estimate of drug-likeness (QED) is 0.731. The number of rotatable bonds is 3. The molecule has 1 aromatic heterocycles. The van der Waals surface area contributed by atoms with Crippen LogP contribution in [-0.4, -0.2) is 31.2 Å². The maximum absolute atomic E-state index is 6.43. The van der Waals surface area contributed by atoms with Gasteiger partial charge in [0.1, 0.15) is 11.7 Å². The van der Waals surface area contributed by atoms with E-state index in [1.54, 1.807) is 4.90 Å². The summed E-state index contributed by atoms with van der Waals surface area (Å²) in [6.45, 7) is 7.54. The number of nitrogens with zero attached hydrogens (tertiary/aromatic N) is 2. The normalized spacial score (nSPS) is 15.7. The van der Waals surface area contributed by atoms with Gasteiger partial charge in [-0.25, -0.2) is 4.98 Å². The van der Waals surface area contributed by atoms with Gasteiger partial charge in [-0.05, 0) is 30.7 Å². The molecule has 2 aromatic carbocycles. The van der Waals surface area contributed by atoms with Crippen molar-refractivity contribution < 1.29 is 4.90 Å². The number of piperazine rings is 1. The minimum absolute atomic E-state index is 0.646. The molecule has 128 valence electrons. The van der Waals surface area contributed by atoms with E-state index < -0.39 is 0 Å². The Morgan fingerprint density at radius 2 is 1.76 bits per heavy atom. The van der Waals surface area contributed by atoms with Gasteiger partial charge in [-0.3, -0.25) is 0 Å². The summed E-state index contributed by atoms with van der Waals surface area (Å²) in [6.07, 6.45) is 0. The Hall–Kier alpha value is -2.10. The van der Waals surface area contributed by atoms with Crippen LogP contribution in [0.4, 0.5) is 5.69 Å². The molecule has 0 atom stereocenters. The van der Waals surface area contributed by atoms with Crippen molar-refractivity contribution in [1.29, 1.82) is 0 Å². The molecule has 0 unspecified atom stereocenters. The van der Waals surface area contributed by atoms with Gasteiger partial charge in [0.05, 0.1) is 31.7 Å². The molecule has 0 bridgehead atoms. The van der Waals surface area contributed by atoms with Crippen LogP contribution in [-0.2, 0) is 6.54 Å². The number of hydrogen-bond donors (Lipinski definition) is 1. The lowest BCUT2D eigenvalue weighted by Gasteiger charge is -2.34. The van der Waals surface area contributed by atoms with Gasteiger partial charge in [0.25, 0.3) is 0 Å². The van der Waals surface area contributed by atoms with Crippen LogP contribution >= 0.6 is 11.6 Å². The number of aryl methyl sites for hydroxylation is 1. The van der Waals surface area contributed by atoms with Crippen LogP contribution in [0.3, 0.4) is 0 Å². The topological polar surface area (TPSA) is 20.6 Å². The van der Waals surface area contributed by atoms with E-state index in [0.29, 0.717) is 5.15 Å². The van der Waals surface area contributed by atoms with E-state index in [9.17, 15) is 0 Å². The highest BCUT2D eigenvalue weighted by atomic mass is 35.5. The van der Waals surface area contributed by atoms with E-state index in [0.717, 1.165) is 43.8 Å². The van der Waals surface area contributed by atoms with Gasteiger partial charge in [0.2, 0.25) is 0 Å². The Morgan fingerprint density at radius 3 is 2.56 bits per heavy atom. The molecular formula is C21H23ClN3+. The number of halogens is 1. The lowest BCUT2D eigenvalue weighted by molar-refractivity contribution is -0.914. The summed E-state index contributed by atoms with van der Waals surface area (Å²) in [7, 11) is 0. The Kier molecular flexibility index (Phi) is 4.60. The first-order chi connectivity index (χ1) is 12.2. The minimum atomic E-state index is 0.646. The Morgan fingerprint density at radius 1 is 1.04 bits per heavy atom. The molecule has 0 spiro atoms. The number of aromatic nitrogens is 1. The number of para-hydroxylation sites is 2. The second kappa shape index (κ2) is 7.03. The number of hydrogen-bond acceptors (Lipinski definition) is 2. The van der Waals surface area contributed by atoms with E-state index >= 15 is 0 Å². The summed E-state index contributed by atoms with van der Waals surface area (Å²) in [4.78, 5) is 8.63. The van der Waals surface area contributed by atoms with Gasteiger partial charge in [-0.15, -0.1) is 0 Å². The lowest BCUT2D eigenvalue weighted by Crippen LogP contribution is -3.13. The molecule has 25 heavy (non-hydrogen) atoms. The molecular weight excluding hydrogens is 330 g/mol. The van der Waals surface area contributed by atoms with Crippen molar-refractivity contribution in [2.24, 2.45) is 0 Å². The summed E-state index contributed by atoms with van der Waals surface area (Å²) < 4.78 is 0. The summed E-state index contributed by atoms with van der Waals surface area (Å²) in [6, 6.07) is 19.0. The van der Waals surface area contributed by atoms with Gasteiger partial charge in [0, 0.05) is 16.6 Å². The van der Waals surface area contributed by atoms with E-state index in [1.807, 2.05) is 12.1 Å². The van der Waals surface area contributed by atoms with E-state index in [2.05, 4.69) is 59.3 Å². The fourth-order valence-corrected chi connectivity index (χ4v) is 3.90. The molecule has 0 amide bonds. The van der Waals surface area contributed by atoms with Crippen LogP contribution in [0, 0.1) is 6.92 Å². The predicted molar refractivity (Wildman–Crippen MR) is 105 cm³/mol. The van der Waals surface area contributed by atoms with Crippen LogP contribution in [0.15, 0.2) is 54.6 Å². The number of quaternary nitrogens is 1. The lowest BCUT2D eigenvalue weighted by atomic mass is 10.1. The SMILES string of the molecule is Cc1ccccc1N1CC[NH+](Cc2cc3ccccc3nc2Cl)CC1. The third-order valence-corrected chi connectivity index (χ3v) is 5.44. The highest BCUT2D eigenvalue weighted by Crippen LogP contribution is 2.21. The van der Waals surface area contributed by atoms with E-state index in [4.69, 9.17) is 11.6 Å². The molecule has 0 aliphatic carbocycles. The molecule has 1 fully saturated rings. The van der Waals surface area contributed by atoms with Gasteiger partial charge in [-0.1, -0.05) is 48.0 Å². The number of anilines is 1. The Labute approximate surface area is 153 Å². The molecule has 0 saturated carbocycles. The maximum atomic E-state index is 6.43. The number of pyridine rings is 1. The summed E-state index contributed by atoms with van der Waals surface area (Å²) >= 11 is 6.43. The van der Waals surface area contributed by atoms with Gasteiger partial charge in [0.15, 0.2) is 0 Å². The summed E-state index contributed by atoms with van der Waals surface area (Å²) in [5, 5.41) is 1.81. The van der Waals surface area contributed by atoms with Crippen LogP contribution < -0.4 is 9.80 Å². The average molecular weight is 353 g/mol. The van der Waals surface area contributed by atoms with Crippen LogP contribution in [0.1, 0.15) is 11.1 Å². The third-order valence-electron chi connectivity index (χ3n) is 5.12. The highest BCUT2D eigenvalue weighted by molar-refractivity contribution is 6.30. The van der Waals surface area contributed by atoms with Crippen LogP contribution in [0.5, 0.6) is 0 Å². The zero-order valence-electron chi connectivity index (χ0n) is 14.5. The van der Waals surface area contributed by atoms with Gasteiger partial charge < -0.3 is 9.80 Å². The fourth-order valence-electron chi connectivity index (χ4n) is 3.69. The zero-order chi connectivity index (χ0) is 17.2. The van der Waals surface area contributed by atoms with Crippen molar-refractivity contribution in [3.63, 3.8) is 0 Å². The van der Waals surface area contributed by atoms with E-state index in [1.165, 1.54) is 16.6 Å². The molecule has 1 N–H and O–H groups in total. The summed E-state index contributed by atoms with van der Waals surface area (Å²) in [5.74, 6) is 0. The highest BCUT2D eigenvalue weighted by Gasteiger charge is 2.22. The first kappa shape index (κ1) is 16.4. The largest absolute Gasteiger partial charge is 0.360 e. The molecule has 4 rings (SSSR count). The minimum Gasteiger partial charge on any atom is -0.360 e. The van der Waals surface area contributed by atoms with Crippen LogP contribution in [0.25, 0.3) is 10.9 Å². The van der Waals surface area contributed by atoms with Crippen molar-refractivity contribution in [3.8, 4) is 0 Å². The molecule has 4 heteroatoms. The van der Waals surface area contributed by atoms with Gasteiger partial charge >= 0.3 is 0 Å². The molecule has 1 aliphatic rings. The number of nitrogens with one attached hydrogen (secondary N) is 1. The molecule has 2 heterocycles. The monoisotopic (exact) mass is 352 g/mol. The summed E-state index contributed by atoms with van der Waals surface area (Å²) in [5.41, 5.74) is 4.84. The Bertz CT molecular complexity index is 885. The van der Waals surface area contributed by atoms with Crippen molar-refractivity contribution in [1.82, 2.24) is 4.98 Å². The van der Waals surface area contributed by atoms with Crippen molar-refractivity contribution >= 4 is 28.2 Å². The molecule has 1 aliphatic heterocycles. The number of benzene rings is 2. The Balaban J connectivity index is 1.45. The first-order valence-corrected chi connectivity index (χ1v) is 9.27. The second-order valence-electron chi connectivity index (χ2n) is 6.83. The fraction of sp³-hybridized carbons (Fsp3) is 0.286. The van der Waals surface area contributed by atoms with Crippen LogP contribution in [0.2, 0.25) is 5.15 Å². The molecule has 3 aromatic rings. The van der Waals surface area contributed by atoms with Crippen molar-refractivity contribution in [2.75, 3.05) is 31.1 Å². The predicted octanol–water partition coefficient (Wildman–Crippen LogP) is 3.10. The molecule has 0 radical (unpaired) electrons. The molecule has 1 saturated heterocycles. The number of fused-ring (bicyclic) bond motifs is 1. The maximum Gasteiger partial charge on any atom is 0.138 e. The standard InChI is InChI=1S/C21H22ClN3/c1-16-6-2-5-9-20(16)25-12-10-24(11-13-25)15-18-14-17-7-3-4-8-19(17)23-21(18)22/h2-9,14H,10-13,15H2,1H3/p+1. The average Bonchev–Trinajstić information content (AvgIpc) is 2.63.